The van der Waals surface area contributed by atoms with Crippen molar-refractivity contribution in [2.75, 3.05) is 23.3 Å². The van der Waals surface area contributed by atoms with Crippen LogP contribution in [0.2, 0.25) is 0 Å². The van der Waals surface area contributed by atoms with Crippen LogP contribution in [0.25, 0.3) is 11.4 Å². The number of nitrogens with one attached hydrogen (secondary N) is 2. The molecule has 2 N–H and O–H groups in total. The van der Waals surface area contributed by atoms with Gasteiger partial charge in [-0.1, -0.05) is 69.4 Å². The molecule has 13 nitrogen and oxygen atoms in total. The van der Waals surface area contributed by atoms with Gasteiger partial charge in [0.15, 0.2) is 5.78 Å². The second-order valence-electron chi connectivity index (χ2n) is 12.6. The van der Waals surface area contributed by atoms with Crippen LogP contribution in [0.15, 0.2) is 48.5 Å². The van der Waals surface area contributed by atoms with E-state index in [1.165, 1.54) is 16.2 Å². The summed E-state index contributed by atoms with van der Waals surface area (Å²) in [7, 11) is 0. The lowest BCUT2D eigenvalue weighted by atomic mass is 9.81. The molecule has 47 heavy (non-hydrogen) atoms. The van der Waals surface area contributed by atoms with Crippen LogP contribution in [0.3, 0.4) is 0 Å². The van der Waals surface area contributed by atoms with Gasteiger partial charge in [0.05, 0.1) is 18.3 Å². The summed E-state index contributed by atoms with van der Waals surface area (Å²) >= 11 is 0. The van der Waals surface area contributed by atoms with Gasteiger partial charge in [-0.25, -0.2) is 15.2 Å². The fraction of sp³-hybridized carbons (Fsp3) is 0.500. The molecule has 2 saturated carbocycles. The number of rotatable bonds is 11. The maximum atomic E-state index is 14.2. The van der Waals surface area contributed by atoms with E-state index in [1.807, 2.05) is 24.3 Å². The number of carbonyl (C=O) groups is 4. The maximum Gasteiger partial charge on any atom is 0.339 e. The van der Waals surface area contributed by atoms with Crippen LogP contribution >= 0.6 is 0 Å². The van der Waals surface area contributed by atoms with Gasteiger partial charge in [0.1, 0.15) is 6.54 Å². The third-order valence-electron chi connectivity index (χ3n) is 9.35. The molecule has 1 unspecified atom stereocenters. The normalized spacial score (nSPS) is 18.9. The molecule has 2 heterocycles. The lowest BCUT2D eigenvalue weighted by molar-refractivity contribution is -0.148. The Morgan fingerprint density at radius 1 is 0.957 bits per heavy atom. The first-order valence-corrected chi connectivity index (χ1v) is 16.7. The van der Waals surface area contributed by atoms with E-state index in [9.17, 15) is 19.2 Å². The number of benzene rings is 2. The van der Waals surface area contributed by atoms with Crippen molar-refractivity contribution in [3.05, 3.63) is 54.1 Å². The van der Waals surface area contributed by atoms with Gasteiger partial charge in [-0.05, 0) is 60.6 Å². The summed E-state index contributed by atoms with van der Waals surface area (Å²) in [5.74, 6) is -0.153. The number of hydrogen-bond donors (Lipinski definition) is 2. The van der Waals surface area contributed by atoms with Crippen LogP contribution in [0.4, 0.5) is 16.2 Å². The summed E-state index contributed by atoms with van der Waals surface area (Å²) in [4.78, 5) is 55.4. The van der Waals surface area contributed by atoms with Gasteiger partial charge in [0.25, 0.3) is 0 Å². The number of tetrazole rings is 1. The van der Waals surface area contributed by atoms with Gasteiger partial charge in [0, 0.05) is 23.6 Å². The van der Waals surface area contributed by atoms with Crippen molar-refractivity contribution in [3.63, 3.8) is 0 Å². The minimum Gasteiger partial charge on any atom is -0.441 e. The Morgan fingerprint density at radius 3 is 2.51 bits per heavy atom. The molecule has 13 heteroatoms. The molecule has 6 rings (SSSR count). The highest BCUT2D eigenvalue weighted by atomic mass is 16.5. The molecule has 3 aliphatic rings. The van der Waals surface area contributed by atoms with E-state index in [0.29, 0.717) is 17.1 Å². The van der Waals surface area contributed by atoms with E-state index < -0.39 is 11.9 Å². The molecule has 2 aromatic carbocycles. The Bertz CT molecular complexity index is 1600. The van der Waals surface area contributed by atoms with Gasteiger partial charge >= 0.3 is 12.0 Å². The summed E-state index contributed by atoms with van der Waals surface area (Å²) in [6.07, 6.45) is 9.48. The summed E-state index contributed by atoms with van der Waals surface area (Å²) in [5.41, 5.74) is 6.25. The van der Waals surface area contributed by atoms with Crippen LogP contribution in [0.1, 0.15) is 82.7 Å². The summed E-state index contributed by atoms with van der Waals surface area (Å²) < 4.78 is 5.06. The van der Waals surface area contributed by atoms with Crippen molar-refractivity contribution < 1.29 is 23.9 Å². The van der Waals surface area contributed by atoms with Crippen molar-refractivity contribution in [3.8, 4) is 11.4 Å². The molecule has 0 saturated heterocycles. The summed E-state index contributed by atoms with van der Waals surface area (Å²) in [6, 6.07) is 14.2. The number of urea groups is 1. The van der Waals surface area contributed by atoms with E-state index >= 15 is 0 Å². The molecule has 3 amide bonds. The first-order chi connectivity index (χ1) is 22.9. The van der Waals surface area contributed by atoms with Crippen molar-refractivity contribution in [1.29, 1.82) is 0 Å². The predicted octanol–water partition coefficient (Wildman–Crippen LogP) is 5.02. The number of nitrogens with zero attached hydrogens (tertiary/aromatic N) is 6. The van der Waals surface area contributed by atoms with Crippen molar-refractivity contribution >= 4 is 35.1 Å². The zero-order chi connectivity index (χ0) is 32.8. The molecule has 1 aromatic heterocycles. The van der Waals surface area contributed by atoms with Gasteiger partial charge in [-0.2, -0.15) is 0 Å². The number of ketones is 1. The fourth-order valence-electron chi connectivity index (χ4n) is 6.89. The number of anilines is 2. The number of hydrazine groups is 1. The summed E-state index contributed by atoms with van der Waals surface area (Å²) in [5, 5.41) is 16.5. The number of hydrogen-bond acceptors (Lipinski definition) is 9. The maximum absolute atomic E-state index is 14.2. The highest BCUT2D eigenvalue weighted by Crippen LogP contribution is 2.40. The average Bonchev–Trinajstić information content (AvgIpc) is 3.80. The second-order valence-corrected chi connectivity index (χ2v) is 12.6. The van der Waals surface area contributed by atoms with E-state index in [-0.39, 0.29) is 55.9 Å². The molecule has 2 aliphatic carbocycles. The van der Waals surface area contributed by atoms with Crippen molar-refractivity contribution in [2.45, 2.75) is 83.9 Å². The standard InChI is InChI=1S/C34H42N8O5/c1-2-31(45)47-22-42-38-33(36-39-42)25-15-10-16-26(19-25)35-30(44)21-41-34(46)40(20-29(43)23-11-6-7-12-23)28-18-9-8-17-27(28)32(37-41)24-13-4-3-5-14-24/h8-10,15-19,23-24,32,37H,2-7,11-14,20-22H2,1H3,(H,35,44). The Labute approximate surface area is 274 Å². The molecule has 248 valence electrons. The van der Waals surface area contributed by atoms with Crippen LogP contribution < -0.4 is 15.6 Å². The molecule has 1 atom stereocenters. The Balaban J connectivity index is 1.20. The third kappa shape index (κ3) is 7.67. The van der Waals surface area contributed by atoms with E-state index in [4.69, 9.17) is 4.74 Å². The van der Waals surface area contributed by atoms with E-state index in [2.05, 4.69) is 26.2 Å². The number of fused-ring (bicyclic) bond motifs is 1. The van der Waals surface area contributed by atoms with E-state index in [1.54, 1.807) is 36.1 Å². The largest absolute Gasteiger partial charge is 0.441 e. The highest BCUT2D eigenvalue weighted by Gasteiger charge is 2.38. The third-order valence-corrected chi connectivity index (χ3v) is 9.35. The highest BCUT2D eigenvalue weighted by molar-refractivity contribution is 6.02. The predicted molar refractivity (Wildman–Crippen MR) is 174 cm³/mol. The van der Waals surface area contributed by atoms with E-state index in [0.717, 1.165) is 62.6 Å². The number of para-hydroxylation sites is 1. The quantitative estimate of drug-likeness (QED) is 0.275. The number of esters is 1. The number of carbonyl (C=O) groups excluding carboxylic acids is 4. The molecule has 2 fully saturated rings. The SMILES string of the molecule is CCC(=O)OCn1nnc(-c2cccc(NC(=O)CN3NC(C4CCCCC4)c4ccccc4N(CC(=O)C4CCCC4)C3=O)c2)n1. The molecule has 0 radical (unpaired) electrons. The lowest BCUT2D eigenvalue weighted by Crippen LogP contribution is -2.53. The summed E-state index contributed by atoms with van der Waals surface area (Å²) in [6.45, 7) is 1.27. The molecule has 3 aromatic rings. The minimum atomic E-state index is -0.421. The van der Waals surface area contributed by atoms with Crippen LogP contribution in [-0.2, 0) is 25.9 Å². The number of ether oxygens (including phenoxy) is 1. The molecular formula is C34H42N8O5. The Kier molecular flexibility index (Phi) is 10.2. The molecular weight excluding hydrogens is 600 g/mol. The van der Waals surface area contributed by atoms with Gasteiger partial charge < -0.3 is 10.1 Å². The topological polar surface area (TPSA) is 152 Å². The van der Waals surface area contributed by atoms with Crippen LogP contribution in [0.5, 0.6) is 0 Å². The minimum absolute atomic E-state index is 0.0227. The van der Waals surface area contributed by atoms with Crippen LogP contribution in [0, 0.1) is 11.8 Å². The smallest absolute Gasteiger partial charge is 0.339 e. The Hall–Kier alpha value is -4.65. The lowest BCUT2D eigenvalue weighted by Gasteiger charge is -2.33. The average molecular weight is 643 g/mol. The van der Waals surface area contributed by atoms with Gasteiger partial charge in [-0.15, -0.1) is 15.0 Å². The van der Waals surface area contributed by atoms with Gasteiger partial charge in [-0.3, -0.25) is 19.3 Å². The molecule has 0 spiro atoms. The fourth-order valence-corrected chi connectivity index (χ4v) is 6.89. The number of Topliss-reactive ketones (excluding diaryl/α,β-unsaturated/α-hetero) is 1. The Morgan fingerprint density at radius 2 is 1.72 bits per heavy atom. The van der Waals surface area contributed by atoms with Crippen molar-refractivity contribution in [1.82, 2.24) is 30.6 Å². The first kappa shape index (κ1) is 32.3. The number of aromatic nitrogens is 4. The first-order valence-electron chi connectivity index (χ1n) is 16.7. The van der Waals surface area contributed by atoms with Gasteiger partial charge in [0.2, 0.25) is 18.5 Å². The van der Waals surface area contributed by atoms with Crippen LogP contribution in [-0.4, -0.2) is 62.0 Å². The molecule has 0 bridgehead atoms. The van der Waals surface area contributed by atoms with Crippen molar-refractivity contribution in [2.24, 2.45) is 11.8 Å². The monoisotopic (exact) mass is 642 g/mol. The zero-order valence-electron chi connectivity index (χ0n) is 26.8. The zero-order valence-corrected chi connectivity index (χ0v) is 26.8. The molecule has 1 aliphatic heterocycles. The number of amides is 3. The second kappa shape index (κ2) is 14.8.